The second-order valence-electron chi connectivity index (χ2n) is 3.79. The van der Waals surface area contributed by atoms with Crippen LogP contribution in [0.2, 0.25) is 0 Å². The van der Waals surface area contributed by atoms with Crippen molar-refractivity contribution in [3.05, 3.63) is 24.3 Å². The molecule has 5 heteroatoms. The summed E-state index contributed by atoms with van der Waals surface area (Å²) in [5, 5.41) is 6.05. The van der Waals surface area contributed by atoms with Gasteiger partial charge in [-0.3, -0.25) is 0 Å². The van der Waals surface area contributed by atoms with Crippen LogP contribution in [0.1, 0.15) is 0 Å². The van der Waals surface area contributed by atoms with Crippen molar-refractivity contribution in [2.45, 2.75) is 0 Å². The molecule has 0 aromatic heterocycles. The van der Waals surface area contributed by atoms with Crippen LogP contribution in [0.4, 0.5) is 16.2 Å². The first kappa shape index (κ1) is 10.8. The minimum atomic E-state index is -0.0497. The van der Waals surface area contributed by atoms with Crippen molar-refractivity contribution in [3.63, 3.8) is 0 Å². The maximum Gasteiger partial charge on any atom is 0.321 e. The molecule has 2 amide bonds. The topological polar surface area (TPSA) is 70.4 Å². The van der Waals surface area contributed by atoms with E-state index in [9.17, 15) is 4.79 Å². The Morgan fingerprint density at radius 1 is 1.25 bits per heavy atom. The number of carbonyl (C=O) groups is 1. The fourth-order valence-corrected chi connectivity index (χ4v) is 1.64. The first-order valence-corrected chi connectivity index (χ1v) is 5.38. The zero-order chi connectivity index (χ0) is 11.4. The van der Waals surface area contributed by atoms with E-state index in [4.69, 9.17) is 5.73 Å². The van der Waals surface area contributed by atoms with E-state index < -0.39 is 0 Å². The van der Waals surface area contributed by atoms with Crippen LogP contribution < -0.4 is 16.4 Å². The van der Waals surface area contributed by atoms with Gasteiger partial charge < -0.3 is 21.3 Å². The third-order valence-corrected chi connectivity index (χ3v) is 2.57. The number of amides is 2. The molecule has 0 saturated carbocycles. The molecule has 5 nitrogen and oxygen atoms in total. The molecule has 16 heavy (non-hydrogen) atoms. The molecule has 0 spiro atoms. The molecule has 1 aliphatic rings. The van der Waals surface area contributed by atoms with Crippen LogP contribution in [0.25, 0.3) is 0 Å². The highest BCUT2D eigenvalue weighted by atomic mass is 16.2. The first-order chi connectivity index (χ1) is 7.75. The Morgan fingerprint density at radius 3 is 2.50 bits per heavy atom. The highest BCUT2D eigenvalue weighted by Crippen LogP contribution is 2.11. The monoisotopic (exact) mass is 220 g/mol. The van der Waals surface area contributed by atoms with Crippen LogP contribution in [0, 0.1) is 0 Å². The Hall–Kier alpha value is -1.75. The number of anilines is 2. The number of urea groups is 1. The number of carbonyl (C=O) groups excluding carboxylic acids is 1. The zero-order valence-electron chi connectivity index (χ0n) is 9.07. The first-order valence-electron chi connectivity index (χ1n) is 5.38. The van der Waals surface area contributed by atoms with Crippen LogP contribution in [0.15, 0.2) is 24.3 Å². The van der Waals surface area contributed by atoms with Crippen LogP contribution in [0.5, 0.6) is 0 Å². The van der Waals surface area contributed by atoms with Crippen molar-refractivity contribution < 1.29 is 4.79 Å². The van der Waals surface area contributed by atoms with Gasteiger partial charge in [-0.05, 0) is 24.3 Å². The van der Waals surface area contributed by atoms with Gasteiger partial charge in [0.1, 0.15) is 0 Å². The molecule has 1 aromatic rings. The van der Waals surface area contributed by atoms with Crippen LogP contribution >= 0.6 is 0 Å². The Bertz CT molecular complexity index is 357. The van der Waals surface area contributed by atoms with E-state index in [1.807, 2.05) is 0 Å². The van der Waals surface area contributed by atoms with Gasteiger partial charge in [0.2, 0.25) is 0 Å². The van der Waals surface area contributed by atoms with Gasteiger partial charge >= 0.3 is 6.03 Å². The van der Waals surface area contributed by atoms with Gasteiger partial charge in [0.25, 0.3) is 0 Å². The summed E-state index contributed by atoms with van der Waals surface area (Å²) < 4.78 is 0. The minimum Gasteiger partial charge on any atom is -0.399 e. The Kier molecular flexibility index (Phi) is 3.26. The third kappa shape index (κ3) is 2.64. The lowest BCUT2D eigenvalue weighted by atomic mass is 10.3. The summed E-state index contributed by atoms with van der Waals surface area (Å²) in [5.41, 5.74) is 7.04. The van der Waals surface area contributed by atoms with E-state index in [1.165, 1.54) is 0 Å². The number of nitrogen functional groups attached to an aromatic ring is 1. The summed E-state index contributed by atoms with van der Waals surface area (Å²) in [5.74, 6) is 0. The lowest BCUT2D eigenvalue weighted by Gasteiger charge is -2.27. The predicted octanol–water partition coefficient (Wildman–Crippen LogP) is 0.706. The van der Waals surface area contributed by atoms with Crippen molar-refractivity contribution in [3.8, 4) is 0 Å². The average molecular weight is 220 g/mol. The number of nitrogens with zero attached hydrogens (tertiary/aromatic N) is 1. The highest BCUT2D eigenvalue weighted by Gasteiger charge is 2.15. The molecule has 1 saturated heterocycles. The summed E-state index contributed by atoms with van der Waals surface area (Å²) in [7, 11) is 0. The molecule has 2 rings (SSSR count). The fraction of sp³-hybridized carbons (Fsp3) is 0.364. The zero-order valence-corrected chi connectivity index (χ0v) is 9.07. The SMILES string of the molecule is Nc1ccc(NC(=O)N2CCNCC2)cc1. The molecule has 4 N–H and O–H groups in total. The van der Waals surface area contributed by atoms with E-state index in [1.54, 1.807) is 29.2 Å². The molecule has 0 unspecified atom stereocenters. The van der Waals surface area contributed by atoms with Gasteiger partial charge in [-0.1, -0.05) is 0 Å². The number of nitrogens with one attached hydrogen (secondary N) is 2. The van der Waals surface area contributed by atoms with Gasteiger partial charge in [0.15, 0.2) is 0 Å². The summed E-state index contributed by atoms with van der Waals surface area (Å²) in [6.07, 6.45) is 0. The second-order valence-corrected chi connectivity index (χ2v) is 3.79. The van der Waals surface area contributed by atoms with Gasteiger partial charge in [-0.15, -0.1) is 0 Å². The highest BCUT2D eigenvalue weighted by molar-refractivity contribution is 5.89. The van der Waals surface area contributed by atoms with Crippen LogP contribution in [0.3, 0.4) is 0 Å². The maximum atomic E-state index is 11.8. The largest absolute Gasteiger partial charge is 0.399 e. The standard InChI is InChI=1S/C11H16N4O/c12-9-1-3-10(4-2-9)14-11(16)15-7-5-13-6-8-15/h1-4,13H,5-8,12H2,(H,14,16). The van der Waals surface area contributed by atoms with Gasteiger partial charge in [0, 0.05) is 37.6 Å². The van der Waals surface area contributed by atoms with E-state index in [2.05, 4.69) is 10.6 Å². The van der Waals surface area contributed by atoms with E-state index in [-0.39, 0.29) is 6.03 Å². The summed E-state index contributed by atoms with van der Waals surface area (Å²) in [6, 6.07) is 7.09. The van der Waals surface area contributed by atoms with Crippen molar-refractivity contribution >= 4 is 17.4 Å². The number of hydrogen-bond donors (Lipinski definition) is 3. The number of piperazine rings is 1. The summed E-state index contributed by atoms with van der Waals surface area (Å²) in [6.45, 7) is 3.21. The number of benzene rings is 1. The summed E-state index contributed by atoms with van der Waals surface area (Å²) >= 11 is 0. The molecule has 0 atom stereocenters. The predicted molar refractivity (Wildman–Crippen MR) is 64.3 cm³/mol. The average Bonchev–Trinajstić information content (AvgIpc) is 2.33. The fourth-order valence-electron chi connectivity index (χ4n) is 1.64. The number of rotatable bonds is 1. The van der Waals surface area contributed by atoms with Crippen molar-refractivity contribution in [2.24, 2.45) is 0 Å². The molecule has 0 bridgehead atoms. The van der Waals surface area contributed by atoms with Gasteiger partial charge in [-0.25, -0.2) is 4.79 Å². The minimum absolute atomic E-state index is 0.0497. The Balaban J connectivity index is 1.93. The molecule has 1 aliphatic heterocycles. The summed E-state index contributed by atoms with van der Waals surface area (Å²) in [4.78, 5) is 13.6. The molecular formula is C11H16N4O. The number of nitrogens with two attached hydrogens (primary N) is 1. The van der Waals surface area contributed by atoms with Crippen molar-refractivity contribution in [1.82, 2.24) is 10.2 Å². The molecule has 1 fully saturated rings. The molecule has 1 aromatic carbocycles. The molecule has 86 valence electrons. The Labute approximate surface area is 94.6 Å². The van der Waals surface area contributed by atoms with Gasteiger partial charge in [-0.2, -0.15) is 0 Å². The normalized spacial score (nSPS) is 15.9. The molecular weight excluding hydrogens is 204 g/mol. The van der Waals surface area contributed by atoms with E-state index >= 15 is 0 Å². The second kappa shape index (κ2) is 4.85. The van der Waals surface area contributed by atoms with Crippen molar-refractivity contribution in [2.75, 3.05) is 37.2 Å². The number of hydrogen-bond acceptors (Lipinski definition) is 3. The lowest BCUT2D eigenvalue weighted by molar-refractivity contribution is 0.204. The maximum absolute atomic E-state index is 11.8. The molecule has 0 radical (unpaired) electrons. The lowest BCUT2D eigenvalue weighted by Crippen LogP contribution is -2.48. The van der Waals surface area contributed by atoms with E-state index in [0.29, 0.717) is 5.69 Å². The van der Waals surface area contributed by atoms with Crippen LogP contribution in [-0.2, 0) is 0 Å². The van der Waals surface area contributed by atoms with Crippen molar-refractivity contribution in [1.29, 1.82) is 0 Å². The van der Waals surface area contributed by atoms with E-state index in [0.717, 1.165) is 31.9 Å². The van der Waals surface area contributed by atoms with Gasteiger partial charge in [0.05, 0.1) is 0 Å². The quantitative estimate of drug-likeness (QED) is 0.610. The van der Waals surface area contributed by atoms with Crippen LogP contribution in [-0.4, -0.2) is 37.1 Å². The third-order valence-electron chi connectivity index (χ3n) is 2.57. The smallest absolute Gasteiger partial charge is 0.321 e. The molecule has 1 heterocycles. The molecule has 0 aliphatic carbocycles. The Morgan fingerprint density at radius 2 is 1.88 bits per heavy atom.